The molecule has 1 saturated heterocycles. The summed E-state index contributed by atoms with van der Waals surface area (Å²) in [5.74, 6) is -0.731. The van der Waals surface area contributed by atoms with Crippen LogP contribution in [-0.2, 0) is 11.3 Å². The van der Waals surface area contributed by atoms with Gasteiger partial charge < -0.3 is 5.11 Å². The average molecular weight is 292 g/mol. The fraction of sp³-hybridized carbons (Fsp3) is 0.533. The van der Waals surface area contributed by atoms with Crippen molar-refractivity contribution >= 4 is 11.7 Å². The first-order chi connectivity index (χ1) is 9.97. The molecule has 1 fully saturated rings. The van der Waals surface area contributed by atoms with E-state index in [9.17, 15) is 20.0 Å². The number of carbonyl (C=O) groups is 1. The number of non-ortho nitro benzene ring substituents is 1. The van der Waals surface area contributed by atoms with Gasteiger partial charge in [0.25, 0.3) is 5.69 Å². The van der Waals surface area contributed by atoms with E-state index in [0.29, 0.717) is 25.9 Å². The first-order valence-corrected chi connectivity index (χ1v) is 7.16. The molecule has 1 heterocycles. The van der Waals surface area contributed by atoms with E-state index in [1.54, 1.807) is 12.1 Å². The number of hydrogen-bond acceptors (Lipinski definition) is 4. The molecule has 0 amide bonds. The number of carboxylic acids is 1. The Kier molecular flexibility index (Phi) is 4.57. The van der Waals surface area contributed by atoms with Gasteiger partial charge in [0.1, 0.15) is 0 Å². The molecule has 1 aliphatic rings. The van der Waals surface area contributed by atoms with Crippen LogP contribution in [0.4, 0.5) is 5.69 Å². The largest absolute Gasteiger partial charge is 0.481 e. The second kappa shape index (κ2) is 6.22. The molecule has 6 heteroatoms. The molecule has 1 atom stereocenters. The second-order valence-corrected chi connectivity index (χ2v) is 5.72. The van der Waals surface area contributed by atoms with Gasteiger partial charge in [-0.2, -0.15) is 0 Å². The Morgan fingerprint density at radius 1 is 1.52 bits per heavy atom. The van der Waals surface area contributed by atoms with Crippen LogP contribution in [0.2, 0.25) is 0 Å². The fourth-order valence-electron chi connectivity index (χ4n) is 3.08. The van der Waals surface area contributed by atoms with Gasteiger partial charge >= 0.3 is 5.97 Å². The number of carboxylic acid groups (broad SMARTS) is 1. The molecular formula is C15H20N2O4. The Morgan fingerprint density at radius 2 is 2.29 bits per heavy atom. The minimum atomic E-state index is -0.731. The van der Waals surface area contributed by atoms with E-state index in [4.69, 9.17) is 0 Å². The Morgan fingerprint density at radius 3 is 2.90 bits per heavy atom. The summed E-state index contributed by atoms with van der Waals surface area (Å²) in [4.78, 5) is 24.0. The topological polar surface area (TPSA) is 83.7 Å². The highest BCUT2D eigenvalue weighted by Gasteiger charge is 2.43. The predicted molar refractivity (Wildman–Crippen MR) is 78.0 cm³/mol. The van der Waals surface area contributed by atoms with Crippen LogP contribution >= 0.6 is 0 Å². The third-order valence-corrected chi connectivity index (χ3v) is 4.14. The van der Waals surface area contributed by atoms with Crippen molar-refractivity contribution in [2.45, 2.75) is 32.7 Å². The van der Waals surface area contributed by atoms with Gasteiger partial charge in [-0.3, -0.25) is 19.8 Å². The highest BCUT2D eigenvalue weighted by atomic mass is 16.6. The molecular weight excluding hydrogens is 272 g/mol. The number of aliphatic carboxylic acids is 1. The summed E-state index contributed by atoms with van der Waals surface area (Å²) in [6.07, 6.45) is 2.16. The van der Waals surface area contributed by atoms with Crippen LogP contribution in [0.15, 0.2) is 24.3 Å². The third kappa shape index (κ3) is 3.39. The summed E-state index contributed by atoms with van der Waals surface area (Å²) >= 11 is 0. The second-order valence-electron chi connectivity index (χ2n) is 5.72. The number of hydrogen-bond donors (Lipinski definition) is 1. The van der Waals surface area contributed by atoms with Crippen LogP contribution in [0.5, 0.6) is 0 Å². The Balaban J connectivity index is 2.07. The van der Waals surface area contributed by atoms with E-state index in [-0.39, 0.29) is 5.69 Å². The number of rotatable bonds is 6. The number of nitrogens with zero attached hydrogens (tertiary/aromatic N) is 2. The molecule has 6 nitrogen and oxygen atoms in total. The molecule has 0 aromatic heterocycles. The van der Waals surface area contributed by atoms with Gasteiger partial charge in [-0.1, -0.05) is 25.5 Å². The minimum absolute atomic E-state index is 0.0738. The maximum Gasteiger partial charge on any atom is 0.310 e. The van der Waals surface area contributed by atoms with Gasteiger partial charge in [-0.15, -0.1) is 0 Å². The SMILES string of the molecule is CCCC1(C(=O)O)CCN(Cc2cccc([N+](=O)[O-])c2)C1. The summed E-state index contributed by atoms with van der Waals surface area (Å²) in [6, 6.07) is 6.53. The zero-order chi connectivity index (χ0) is 15.5. The first-order valence-electron chi connectivity index (χ1n) is 7.16. The van der Waals surface area contributed by atoms with Crippen molar-refractivity contribution in [3.05, 3.63) is 39.9 Å². The monoisotopic (exact) mass is 292 g/mol. The summed E-state index contributed by atoms with van der Waals surface area (Å²) in [7, 11) is 0. The summed E-state index contributed by atoms with van der Waals surface area (Å²) < 4.78 is 0. The van der Waals surface area contributed by atoms with Crippen molar-refractivity contribution in [1.82, 2.24) is 4.90 Å². The summed E-state index contributed by atoms with van der Waals surface area (Å²) in [6.45, 7) is 3.78. The summed E-state index contributed by atoms with van der Waals surface area (Å²) in [5, 5.41) is 20.3. The van der Waals surface area contributed by atoms with Crippen molar-refractivity contribution in [3.8, 4) is 0 Å². The van der Waals surface area contributed by atoms with Crippen molar-refractivity contribution in [2.75, 3.05) is 13.1 Å². The van der Waals surface area contributed by atoms with Crippen LogP contribution in [0.1, 0.15) is 31.7 Å². The predicted octanol–water partition coefficient (Wildman–Crippen LogP) is 2.67. The molecule has 1 aromatic carbocycles. The van der Waals surface area contributed by atoms with E-state index < -0.39 is 16.3 Å². The molecule has 21 heavy (non-hydrogen) atoms. The quantitative estimate of drug-likeness (QED) is 0.643. The first kappa shape index (κ1) is 15.4. The van der Waals surface area contributed by atoms with Crippen molar-refractivity contribution < 1.29 is 14.8 Å². The zero-order valence-electron chi connectivity index (χ0n) is 12.1. The Labute approximate surface area is 123 Å². The van der Waals surface area contributed by atoms with E-state index >= 15 is 0 Å². The molecule has 2 rings (SSSR count). The van der Waals surface area contributed by atoms with Crippen LogP contribution in [0.3, 0.4) is 0 Å². The number of likely N-dealkylation sites (tertiary alicyclic amines) is 1. The van der Waals surface area contributed by atoms with E-state index in [1.807, 2.05) is 13.0 Å². The van der Waals surface area contributed by atoms with E-state index in [0.717, 1.165) is 18.5 Å². The Hall–Kier alpha value is -1.95. The van der Waals surface area contributed by atoms with Crippen molar-refractivity contribution in [2.24, 2.45) is 5.41 Å². The number of nitro groups is 1. The molecule has 1 aliphatic heterocycles. The zero-order valence-corrected chi connectivity index (χ0v) is 12.1. The minimum Gasteiger partial charge on any atom is -0.481 e. The van der Waals surface area contributed by atoms with Gasteiger partial charge in [0.15, 0.2) is 0 Å². The van der Waals surface area contributed by atoms with Gasteiger partial charge in [0.05, 0.1) is 10.3 Å². The third-order valence-electron chi connectivity index (χ3n) is 4.14. The molecule has 0 radical (unpaired) electrons. The number of benzene rings is 1. The highest BCUT2D eigenvalue weighted by molar-refractivity contribution is 5.75. The number of nitro benzene ring substituents is 1. The van der Waals surface area contributed by atoms with Gasteiger partial charge in [0, 0.05) is 25.2 Å². The van der Waals surface area contributed by atoms with Crippen LogP contribution in [0, 0.1) is 15.5 Å². The molecule has 1 N–H and O–H groups in total. The maximum absolute atomic E-state index is 11.5. The lowest BCUT2D eigenvalue weighted by Gasteiger charge is -2.24. The van der Waals surface area contributed by atoms with Crippen LogP contribution in [-0.4, -0.2) is 34.0 Å². The van der Waals surface area contributed by atoms with Gasteiger partial charge in [-0.05, 0) is 24.9 Å². The smallest absolute Gasteiger partial charge is 0.310 e. The van der Waals surface area contributed by atoms with Gasteiger partial charge in [-0.25, -0.2) is 0 Å². The highest BCUT2D eigenvalue weighted by Crippen LogP contribution is 2.36. The standard InChI is InChI=1S/C15H20N2O4/c1-2-6-15(14(18)19)7-8-16(11-15)10-12-4-3-5-13(9-12)17(20)21/h3-5,9H,2,6-8,10-11H2,1H3,(H,18,19). The molecule has 114 valence electrons. The molecule has 1 aromatic rings. The fourth-order valence-corrected chi connectivity index (χ4v) is 3.08. The molecule has 0 aliphatic carbocycles. The summed E-state index contributed by atoms with van der Waals surface area (Å²) in [5.41, 5.74) is 0.266. The maximum atomic E-state index is 11.5. The van der Waals surface area contributed by atoms with Crippen LogP contribution in [0.25, 0.3) is 0 Å². The lowest BCUT2D eigenvalue weighted by molar-refractivity contribution is -0.384. The lowest BCUT2D eigenvalue weighted by Crippen LogP contribution is -2.34. The van der Waals surface area contributed by atoms with Crippen molar-refractivity contribution in [1.29, 1.82) is 0 Å². The van der Waals surface area contributed by atoms with E-state index in [1.165, 1.54) is 6.07 Å². The van der Waals surface area contributed by atoms with Gasteiger partial charge in [0.2, 0.25) is 0 Å². The lowest BCUT2D eigenvalue weighted by atomic mass is 9.83. The molecule has 0 bridgehead atoms. The van der Waals surface area contributed by atoms with E-state index in [2.05, 4.69) is 4.90 Å². The average Bonchev–Trinajstić information content (AvgIpc) is 2.84. The molecule has 1 unspecified atom stereocenters. The Bertz CT molecular complexity index is 546. The molecule has 0 saturated carbocycles. The molecule has 0 spiro atoms. The normalized spacial score (nSPS) is 22.3. The van der Waals surface area contributed by atoms with Crippen molar-refractivity contribution in [3.63, 3.8) is 0 Å². The van der Waals surface area contributed by atoms with Crippen LogP contribution < -0.4 is 0 Å².